The van der Waals surface area contributed by atoms with E-state index in [0.29, 0.717) is 18.5 Å². The molecule has 0 saturated heterocycles. The summed E-state index contributed by atoms with van der Waals surface area (Å²) in [5.41, 5.74) is 3.50. The highest BCUT2D eigenvalue weighted by molar-refractivity contribution is 6.52. The Morgan fingerprint density at radius 1 is 0.800 bits per heavy atom. The summed E-state index contributed by atoms with van der Waals surface area (Å²) in [6.07, 6.45) is 0.573. The van der Waals surface area contributed by atoms with Crippen molar-refractivity contribution in [1.29, 1.82) is 0 Å². The molecule has 128 valence electrons. The molecular formula is C20H20N2O3. The number of nitrogens with zero attached hydrogens (tertiary/aromatic N) is 2. The van der Waals surface area contributed by atoms with Crippen molar-refractivity contribution in [3.63, 3.8) is 0 Å². The van der Waals surface area contributed by atoms with Crippen molar-refractivity contribution >= 4 is 29.0 Å². The van der Waals surface area contributed by atoms with Crippen LogP contribution in [0.2, 0.25) is 0 Å². The van der Waals surface area contributed by atoms with E-state index in [4.69, 9.17) is 0 Å². The van der Waals surface area contributed by atoms with Crippen molar-refractivity contribution in [2.24, 2.45) is 0 Å². The molecule has 2 amide bonds. The SMILES string of the molecule is CCN1C(=O)C(=O)c2ccccc21.CCN1C(=O)Cc2ccccc21. The standard InChI is InChI=1S/C10H9NO2.C10H11NO/c1-2-11-8-6-4-3-5-7(8)9(12)10(11)13;1-2-11-9-6-4-3-5-8(9)7-10(11)12/h3-6H,2H2,1H3;3-6H,2,7H2,1H3. The number of amides is 2. The zero-order valence-electron chi connectivity index (χ0n) is 14.4. The number of rotatable bonds is 2. The summed E-state index contributed by atoms with van der Waals surface area (Å²) in [6, 6.07) is 15.0. The van der Waals surface area contributed by atoms with Crippen LogP contribution in [0, 0.1) is 0 Å². The van der Waals surface area contributed by atoms with Gasteiger partial charge in [-0.3, -0.25) is 14.4 Å². The van der Waals surface area contributed by atoms with Crippen LogP contribution in [0.5, 0.6) is 0 Å². The highest BCUT2D eigenvalue weighted by Gasteiger charge is 2.33. The Morgan fingerprint density at radius 2 is 1.40 bits per heavy atom. The predicted octanol–water partition coefficient (Wildman–Crippen LogP) is 2.83. The Kier molecular flexibility index (Phi) is 4.65. The van der Waals surface area contributed by atoms with Gasteiger partial charge in [-0.15, -0.1) is 0 Å². The average molecular weight is 336 g/mol. The predicted molar refractivity (Wildman–Crippen MR) is 97.0 cm³/mol. The van der Waals surface area contributed by atoms with Crippen LogP contribution in [-0.4, -0.2) is 30.7 Å². The molecule has 0 fully saturated rings. The second-order valence-corrected chi connectivity index (χ2v) is 5.84. The van der Waals surface area contributed by atoms with Gasteiger partial charge in [0.2, 0.25) is 5.91 Å². The highest BCUT2D eigenvalue weighted by atomic mass is 16.2. The van der Waals surface area contributed by atoms with Gasteiger partial charge in [0, 0.05) is 18.8 Å². The van der Waals surface area contributed by atoms with E-state index in [2.05, 4.69) is 0 Å². The van der Waals surface area contributed by atoms with Gasteiger partial charge in [-0.05, 0) is 37.6 Å². The number of Topliss-reactive ketones (excluding diaryl/α,β-unsaturated/α-hetero) is 1. The topological polar surface area (TPSA) is 57.7 Å². The third-order valence-corrected chi connectivity index (χ3v) is 4.44. The lowest BCUT2D eigenvalue weighted by atomic mass is 10.1. The van der Waals surface area contributed by atoms with Crippen molar-refractivity contribution in [3.8, 4) is 0 Å². The summed E-state index contributed by atoms with van der Waals surface area (Å²) in [6.45, 7) is 5.17. The average Bonchev–Trinajstić information content (AvgIpc) is 3.09. The fourth-order valence-electron chi connectivity index (χ4n) is 3.23. The first-order valence-electron chi connectivity index (χ1n) is 8.42. The van der Waals surface area contributed by atoms with Gasteiger partial charge in [0.1, 0.15) is 0 Å². The molecule has 0 saturated carbocycles. The number of benzene rings is 2. The second kappa shape index (κ2) is 6.89. The summed E-state index contributed by atoms with van der Waals surface area (Å²) < 4.78 is 0. The summed E-state index contributed by atoms with van der Waals surface area (Å²) in [7, 11) is 0. The van der Waals surface area contributed by atoms with Gasteiger partial charge in [0.05, 0.1) is 17.7 Å². The zero-order chi connectivity index (χ0) is 18.0. The van der Waals surface area contributed by atoms with E-state index in [-0.39, 0.29) is 5.91 Å². The largest absolute Gasteiger partial charge is 0.312 e. The maximum atomic E-state index is 11.4. The second-order valence-electron chi connectivity index (χ2n) is 5.84. The number of hydrogen-bond acceptors (Lipinski definition) is 3. The molecular weight excluding hydrogens is 316 g/mol. The normalized spacial score (nSPS) is 15.0. The minimum Gasteiger partial charge on any atom is -0.312 e. The lowest BCUT2D eigenvalue weighted by Gasteiger charge is -2.13. The molecule has 0 atom stereocenters. The summed E-state index contributed by atoms with van der Waals surface area (Å²) in [5, 5.41) is 0. The van der Waals surface area contributed by atoms with E-state index in [1.165, 1.54) is 4.90 Å². The van der Waals surface area contributed by atoms with E-state index >= 15 is 0 Å². The summed E-state index contributed by atoms with van der Waals surface area (Å²) in [4.78, 5) is 37.5. The van der Waals surface area contributed by atoms with Crippen molar-refractivity contribution in [2.75, 3.05) is 22.9 Å². The number of hydrogen-bond donors (Lipinski definition) is 0. The van der Waals surface area contributed by atoms with E-state index in [1.54, 1.807) is 18.2 Å². The molecule has 2 aromatic rings. The van der Waals surface area contributed by atoms with E-state index in [9.17, 15) is 14.4 Å². The van der Waals surface area contributed by atoms with Crippen LogP contribution in [0.4, 0.5) is 11.4 Å². The first kappa shape index (κ1) is 16.9. The van der Waals surface area contributed by atoms with Crippen LogP contribution in [0.15, 0.2) is 48.5 Å². The van der Waals surface area contributed by atoms with Gasteiger partial charge in [0.25, 0.3) is 11.7 Å². The molecule has 2 aromatic carbocycles. The monoisotopic (exact) mass is 336 g/mol. The minimum atomic E-state index is -0.413. The quantitative estimate of drug-likeness (QED) is 0.793. The molecule has 0 unspecified atom stereocenters. The molecule has 4 rings (SSSR count). The number of anilines is 2. The molecule has 0 bridgehead atoms. The van der Waals surface area contributed by atoms with Crippen molar-refractivity contribution in [2.45, 2.75) is 20.3 Å². The van der Waals surface area contributed by atoms with Crippen LogP contribution >= 0.6 is 0 Å². The van der Waals surface area contributed by atoms with Crippen molar-refractivity contribution in [3.05, 3.63) is 59.7 Å². The van der Waals surface area contributed by atoms with Crippen molar-refractivity contribution < 1.29 is 14.4 Å². The Morgan fingerprint density at radius 3 is 2.08 bits per heavy atom. The van der Waals surface area contributed by atoms with Gasteiger partial charge in [-0.25, -0.2) is 0 Å². The minimum absolute atomic E-state index is 0.221. The van der Waals surface area contributed by atoms with Gasteiger partial charge >= 0.3 is 0 Å². The molecule has 25 heavy (non-hydrogen) atoms. The third-order valence-electron chi connectivity index (χ3n) is 4.44. The highest BCUT2D eigenvalue weighted by Crippen LogP contribution is 2.28. The van der Waals surface area contributed by atoms with Crippen LogP contribution in [0.3, 0.4) is 0 Å². The van der Waals surface area contributed by atoms with Gasteiger partial charge < -0.3 is 9.80 Å². The fourth-order valence-corrected chi connectivity index (χ4v) is 3.23. The summed E-state index contributed by atoms with van der Waals surface area (Å²) >= 11 is 0. The Balaban J connectivity index is 0.000000146. The summed E-state index contributed by atoms with van der Waals surface area (Å²) in [5.74, 6) is -0.583. The zero-order valence-corrected chi connectivity index (χ0v) is 14.4. The maximum absolute atomic E-state index is 11.4. The number of likely N-dealkylation sites (N-methyl/N-ethyl adjacent to an activating group) is 2. The number of carbonyl (C=O) groups is 3. The van der Waals surface area contributed by atoms with Crippen molar-refractivity contribution in [1.82, 2.24) is 0 Å². The molecule has 2 heterocycles. The first-order chi connectivity index (χ1) is 12.1. The smallest absolute Gasteiger partial charge is 0.299 e. The van der Waals surface area contributed by atoms with Gasteiger partial charge in [-0.1, -0.05) is 30.3 Å². The molecule has 5 nitrogen and oxygen atoms in total. The van der Waals surface area contributed by atoms with E-state index < -0.39 is 11.7 Å². The number of ketones is 1. The van der Waals surface area contributed by atoms with Crippen LogP contribution < -0.4 is 9.80 Å². The molecule has 5 heteroatoms. The molecule has 0 radical (unpaired) electrons. The van der Waals surface area contributed by atoms with Gasteiger partial charge in [-0.2, -0.15) is 0 Å². The Bertz CT molecular complexity index is 844. The first-order valence-corrected chi connectivity index (χ1v) is 8.42. The van der Waals surface area contributed by atoms with Crippen LogP contribution in [-0.2, 0) is 16.0 Å². The lowest BCUT2D eigenvalue weighted by Crippen LogP contribution is -2.29. The third kappa shape index (κ3) is 2.93. The molecule has 0 spiro atoms. The molecule has 0 aliphatic carbocycles. The number of fused-ring (bicyclic) bond motifs is 2. The number of para-hydroxylation sites is 2. The molecule has 0 aromatic heterocycles. The molecule has 2 aliphatic rings. The molecule has 2 aliphatic heterocycles. The number of carbonyl (C=O) groups excluding carboxylic acids is 3. The Hall–Kier alpha value is -2.95. The maximum Gasteiger partial charge on any atom is 0.299 e. The van der Waals surface area contributed by atoms with Gasteiger partial charge in [0.15, 0.2) is 0 Å². The van der Waals surface area contributed by atoms with E-state index in [1.807, 2.05) is 49.1 Å². The van der Waals surface area contributed by atoms with Crippen LogP contribution in [0.25, 0.3) is 0 Å². The molecule has 0 N–H and O–H groups in total. The fraction of sp³-hybridized carbons (Fsp3) is 0.250. The Labute approximate surface area is 146 Å². The van der Waals surface area contributed by atoms with Crippen LogP contribution in [0.1, 0.15) is 29.8 Å². The van der Waals surface area contributed by atoms with E-state index in [0.717, 1.165) is 23.5 Å². The lowest BCUT2D eigenvalue weighted by molar-refractivity contribution is -0.117.